The van der Waals surface area contributed by atoms with Gasteiger partial charge in [-0.05, 0) is 52.9 Å². The van der Waals surface area contributed by atoms with Gasteiger partial charge in [-0.25, -0.2) is 0 Å². The summed E-state index contributed by atoms with van der Waals surface area (Å²) in [5, 5.41) is 3.51. The van der Waals surface area contributed by atoms with Gasteiger partial charge in [0.15, 0.2) is 11.5 Å². The largest absolute Gasteiger partial charge is 0.493 e. The molecule has 1 fully saturated rings. The van der Waals surface area contributed by atoms with Gasteiger partial charge in [0.25, 0.3) is 0 Å². The second kappa shape index (κ2) is 7.15. The summed E-state index contributed by atoms with van der Waals surface area (Å²) in [6.07, 6.45) is 4.79. The number of halogens is 1. The summed E-state index contributed by atoms with van der Waals surface area (Å²) in [5.74, 6) is 1.61. The molecule has 19 heavy (non-hydrogen) atoms. The molecular weight excluding hydrogens is 306 g/mol. The molecule has 0 atom stereocenters. The highest BCUT2D eigenvalue weighted by Gasteiger charge is 2.20. The van der Waals surface area contributed by atoms with Crippen molar-refractivity contribution in [3.05, 3.63) is 22.2 Å². The summed E-state index contributed by atoms with van der Waals surface area (Å²) in [6, 6.07) is 4.88. The zero-order chi connectivity index (χ0) is 13.7. The highest BCUT2D eigenvalue weighted by molar-refractivity contribution is 9.10. The summed E-state index contributed by atoms with van der Waals surface area (Å²) in [6.45, 7) is 3.77. The molecule has 0 unspecified atom stereocenters. The van der Waals surface area contributed by atoms with Crippen LogP contribution < -0.4 is 14.8 Å². The molecule has 0 amide bonds. The maximum Gasteiger partial charge on any atom is 0.175 e. The van der Waals surface area contributed by atoms with E-state index in [1.807, 2.05) is 0 Å². The Morgan fingerprint density at radius 1 is 1.37 bits per heavy atom. The van der Waals surface area contributed by atoms with Gasteiger partial charge < -0.3 is 14.8 Å². The summed E-state index contributed by atoms with van der Waals surface area (Å²) in [4.78, 5) is 0. The fraction of sp³-hybridized carbons (Fsp3) is 0.600. The summed E-state index contributed by atoms with van der Waals surface area (Å²) >= 11 is 3.58. The first kappa shape index (κ1) is 14.7. The van der Waals surface area contributed by atoms with E-state index in [2.05, 4.69) is 40.3 Å². The third-order valence-corrected chi connectivity index (χ3v) is 3.79. The minimum Gasteiger partial charge on any atom is -0.493 e. The second-order valence-electron chi connectivity index (χ2n) is 4.97. The van der Waals surface area contributed by atoms with Crippen LogP contribution in [0.2, 0.25) is 0 Å². The first-order valence-electron chi connectivity index (χ1n) is 6.97. The van der Waals surface area contributed by atoms with Crippen LogP contribution in [0.25, 0.3) is 0 Å². The fourth-order valence-electron chi connectivity index (χ4n) is 1.88. The minimum atomic E-state index is 0.713. The number of ether oxygens (including phenoxy) is 2. The monoisotopic (exact) mass is 327 g/mol. The topological polar surface area (TPSA) is 30.5 Å². The molecule has 1 aromatic carbocycles. The van der Waals surface area contributed by atoms with Crippen LogP contribution in [0.1, 0.15) is 38.2 Å². The van der Waals surface area contributed by atoms with Crippen molar-refractivity contribution >= 4 is 15.9 Å². The number of hydrogen-bond donors (Lipinski definition) is 1. The lowest BCUT2D eigenvalue weighted by molar-refractivity contribution is 0.286. The fourth-order valence-corrected chi connectivity index (χ4v) is 2.49. The zero-order valence-electron chi connectivity index (χ0n) is 11.7. The van der Waals surface area contributed by atoms with Crippen LogP contribution >= 0.6 is 15.9 Å². The number of rotatable bonds is 8. The van der Waals surface area contributed by atoms with Crippen molar-refractivity contribution in [2.45, 2.75) is 45.2 Å². The molecule has 0 radical (unpaired) electrons. The highest BCUT2D eigenvalue weighted by atomic mass is 79.9. The van der Waals surface area contributed by atoms with Crippen molar-refractivity contribution in [2.24, 2.45) is 0 Å². The van der Waals surface area contributed by atoms with Crippen molar-refractivity contribution in [2.75, 3.05) is 13.7 Å². The molecule has 1 aliphatic rings. The lowest BCUT2D eigenvalue weighted by atomic mass is 10.2. The molecule has 4 heteroatoms. The Bertz CT molecular complexity index is 419. The summed E-state index contributed by atoms with van der Waals surface area (Å²) < 4.78 is 12.2. The van der Waals surface area contributed by atoms with Crippen molar-refractivity contribution in [1.29, 1.82) is 0 Å². The third-order valence-electron chi connectivity index (χ3n) is 3.21. The van der Waals surface area contributed by atoms with Crippen LogP contribution in [0, 0.1) is 0 Å². The van der Waals surface area contributed by atoms with E-state index < -0.39 is 0 Å². The summed E-state index contributed by atoms with van der Waals surface area (Å²) in [5.41, 5.74) is 1.22. The average Bonchev–Trinajstić information content (AvgIpc) is 3.22. The average molecular weight is 328 g/mol. The Morgan fingerprint density at radius 3 is 2.79 bits per heavy atom. The molecule has 3 nitrogen and oxygen atoms in total. The Balaban J connectivity index is 2.04. The third kappa shape index (κ3) is 4.39. The maximum absolute atomic E-state index is 5.80. The molecule has 1 saturated carbocycles. The van der Waals surface area contributed by atoms with Crippen LogP contribution in [0.4, 0.5) is 0 Å². The second-order valence-corrected chi connectivity index (χ2v) is 5.82. The van der Waals surface area contributed by atoms with E-state index in [1.54, 1.807) is 7.11 Å². The van der Waals surface area contributed by atoms with Crippen LogP contribution in [0.3, 0.4) is 0 Å². The predicted molar refractivity (Wildman–Crippen MR) is 81.0 cm³/mol. The number of nitrogens with one attached hydrogen (secondary N) is 1. The molecular formula is C15H22BrNO2. The van der Waals surface area contributed by atoms with Gasteiger partial charge >= 0.3 is 0 Å². The first-order valence-corrected chi connectivity index (χ1v) is 7.76. The quantitative estimate of drug-likeness (QED) is 0.735. The first-order chi connectivity index (χ1) is 9.24. The number of benzene rings is 1. The molecule has 0 bridgehead atoms. The molecule has 0 saturated heterocycles. The normalized spacial score (nSPS) is 14.5. The Labute approximate surface area is 123 Å². The van der Waals surface area contributed by atoms with E-state index in [9.17, 15) is 0 Å². The van der Waals surface area contributed by atoms with Gasteiger partial charge in [-0.1, -0.05) is 13.3 Å². The standard InChI is InChI=1S/C15H22BrNO2/c1-3-4-7-19-15-13(16)8-11(9-14(15)18-2)10-17-12-5-6-12/h8-9,12,17H,3-7,10H2,1-2H3. The van der Waals surface area contributed by atoms with Crippen LogP contribution in [0.5, 0.6) is 11.5 Å². The molecule has 1 N–H and O–H groups in total. The van der Waals surface area contributed by atoms with Crippen molar-refractivity contribution in [3.63, 3.8) is 0 Å². The predicted octanol–water partition coefficient (Wildman–Crippen LogP) is 3.89. The number of methoxy groups -OCH3 is 1. The van der Waals surface area contributed by atoms with Gasteiger partial charge in [-0.15, -0.1) is 0 Å². The van der Waals surface area contributed by atoms with E-state index >= 15 is 0 Å². The molecule has 106 valence electrons. The number of hydrogen-bond acceptors (Lipinski definition) is 3. The van der Waals surface area contributed by atoms with Gasteiger partial charge in [-0.3, -0.25) is 0 Å². The molecule has 0 aromatic heterocycles. The molecule has 2 rings (SSSR count). The van der Waals surface area contributed by atoms with E-state index in [0.717, 1.165) is 42.0 Å². The van der Waals surface area contributed by atoms with Gasteiger partial charge in [-0.2, -0.15) is 0 Å². The van der Waals surface area contributed by atoms with E-state index in [1.165, 1.54) is 18.4 Å². The van der Waals surface area contributed by atoms with Crippen molar-refractivity contribution in [3.8, 4) is 11.5 Å². The molecule has 1 aliphatic carbocycles. The van der Waals surface area contributed by atoms with Crippen LogP contribution in [0.15, 0.2) is 16.6 Å². The van der Waals surface area contributed by atoms with Gasteiger partial charge in [0, 0.05) is 12.6 Å². The SMILES string of the molecule is CCCCOc1c(Br)cc(CNC2CC2)cc1OC. The Morgan fingerprint density at radius 2 is 2.16 bits per heavy atom. The van der Waals surface area contributed by atoms with E-state index in [-0.39, 0.29) is 0 Å². The lowest BCUT2D eigenvalue weighted by Gasteiger charge is -2.14. The van der Waals surface area contributed by atoms with E-state index in [0.29, 0.717) is 6.04 Å². The lowest BCUT2D eigenvalue weighted by Crippen LogP contribution is -2.15. The van der Waals surface area contributed by atoms with Gasteiger partial charge in [0.1, 0.15) is 0 Å². The summed E-state index contributed by atoms with van der Waals surface area (Å²) in [7, 11) is 1.69. The van der Waals surface area contributed by atoms with Gasteiger partial charge in [0.05, 0.1) is 18.2 Å². The Hall–Kier alpha value is -0.740. The maximum atomic E-state index is 5.80. The van der Waals surface area contributed by atoms with Crippen molar-refractivity contribution in [1.82, 2.24) is 5.32 Å². The van der Waals surface area contributed by atoms with Crippen LogP contribution in [-0.2, 0) is 6.54 Å². The van der Waals surface area contributed by atoms with Crippen molar-refractivity contribution < 1.29 is 9.47 Å². The van der Waals surface area contributed by atoms with E-state index in [4.69, 9.17) is 9.47 Å². The molecule has 0 spiro atoms. The van der Waals surface area contributed by atoms with Gasteiger partial charge in [0.2, 0.25) is 0 Å². The zero-order valence-corrected chi connectivity index (χ0v) is 13.3. The molecule has 0 heterocycles. The van der Waals surface area contributed by atoms with Crippen LogP contribution in [-0.4, -0.2) is 19.8 Å². The highest BCUT2D eigenvalue weighted by Crippen LogP contribution is 2.37. The molecule has 0 aliphatic heterocycles. The minimum absolute atomic E-state index is 0.713. The molecule has 1 aromatic rings. The Kier molecular flexibility index (Phi) is 5.52. The number of unbranched alkanes of at least 4 members (excludes halogenated alkanes) is 1. The smallest absolute Gasteiger partial charge is 0.175 e.